The second-order valence-electron chi connectivity index (χ2n) is 12.6. The number of ketones is 1. The van der Waals surface area contributed by atoms with Crippen LogP contribution in [0.25, 0.3) is 0 Å². The molecule has 0 heterocycles. The molecule has 0 N–H and O–H groups in total. The summed E-state index contributed by atoms with van der Waals surface area (Å²) in [5, 5.41) is 0. The number of rotatable bonds is 1. The van der Waals surface area contributed by atoms with E-state index in [0.29, 0.717) is 28.1 Å². The van der Waals surface area contributed by atoms with Crippen molar-refractivity contribution in [1.29, 1.82) is 0 Å². The van der Waals surface area contributed by atoms with Gasteiger partial charge < -0.3 is 4.90 Å². The van der Waals surface area contributed by atoms with Crippen molar-refractivity contribution in [2.45, 2.75) is 92.0 Å². The Morgan fingerprint density at radius 3 is 2.21 bits per heavy atom. The van der Waals surface area contributed by atoms with Crippen LogP contribution in [-0.4, -0.2) is 30.8 Å². The van der Waals surface area contributed by atoms with Crippen LogP contribution in [0.3, 0.4) is 0 Å². The van der Waals surface area contributed by atoms with Gasteiger partial charge in [0.15, 0.2) is 5.78 Å². The van der Waals surface area contributed by atoms with Crippen molar-refractivity contribution < 1.29 is 4.79 Å². The van der Waals surface area contributed by atoms with Crippen LogP contribution in [0.2, 0.25) is 0 Å². The van der Waals surface area contributed by atoms with E-state index < -0.39 is 0 Å². The van der Waals surface area contributed by atoms with E-state index in [9.17, 15) is 4.79 Å². The van der Waals surface area contributed by atoms with Gasteiger partial charge in [-0.15, -0.1) is 0 Å². The van der Waals surface area contributed by atoms with Crippen molar-refractivity contribution in [3.8, 4) is 0 Å². The number of hydrogen-bond acceptors (Lipinski definition) is 2. The Hall–Kier alpha value is -0.630. The lowest BCUT2D eigenvalue weighted by atomic mass is 9.42. The van der Waals surface area contributed by atoms with Gasteiger partial charge in [-0.3, -0.25) is 4.79 Å². The van der Waals surface area contributed by atoms with Crippen LogP contribution in [0.4, 0.5) is 0 Å². The molecule has 0 aliphatic heterocycles. The molecule has 0 aromatic rings. The Bertz CT molecular complexity index is 764. The quantitative estimate of drug-likeness (QED) is 0.528. The molecule has 5 aliphatic rings. The number of carbonyl (C=O) groups is 1. The van der Waals surface area contributed by atoms with E-state index >= 15 is 0 Å². The minimum atomic E-state index is 0.113. The van der Waals surface area contributed by atoms with Crippen molar-refractivity contribution in [3.63, 3.8) is 0 Å². The Balaban J connectivity index is 1.55. The molecule has 28 heavy (non-hydrogen) atoms. The smallest absolute Gasteiger partial charge is 0.159 e. The standard InChI is InChI=1S/C26H41NO/c1-8-17-18(28)15-24(5)20-10-9-19-22(2,3)21(27(6)7)11-12-25(19)16-26(20,25)14-13-23(17,24)4/h8,19-21H,9-16H2,1-7H3/b17-8-/t19-,20-,21-,23+,24-,25+,26-/m0/s1. The Kier molecular flexibility index (Phi) is 3.69. The molecular formula is C26H41NO. The molecule has 5 aliphatic carbocycles. The van der Waals surface area contributed by atoms with Crippen LogP contribution in [0.1, 0.15) is 86.0 Å². The van der Waals surface area contributed by atoms with E-state index in [1.54, 1.807) is 0 Å². The largest absolute Gasteiger partial charge is 0.306 e. The molecule has 5 rings (SSSR count). The minimum absolute atomic E-state index is 0.113. The van der Waals surface area contributed by atoms with Crippen molar-refractivity contribution in [2.75, 3.05) is 14.1 Å². The summed E-state index contributed by atoms with van der Waals surface area (Å²) < 4.78 is 0. The van der Waals surface area contributed by atoms with Gasteiger partial charge in [-0.25, -0.2) is 0 Å². The summed E-state index contributed by atoms with van der Waals surface area (Å²) >= 11 is 0. The lowest BCUT2D eigenvalue weighted by molar-refractivity contribution is -0.136. The fraction of sp³-hybridized carbons (Fsp3) is 0.885. The Labute approximate surface area is 172 Å². The summed E-state index contributed by atoms with van der Waals surface area (Å²) in [4.78, 5) is 15.5. The van der Waals surface area contributed by atoms with Crippen molar-refractivity contribution in [2.24, 2.45) is 38.9 Å². The Morgan fingerprint density at radius 2 is 1.57 bits per heavy atom. The summed E-state index contributed by atoms with van der Waals surface area (Å²) in [6.07, 6.45) is 12.6. The highest BCUT2D eigenvalue weighted by atomic mass is 16.1. The molecule has 2 heteroatoms. The maximum absolute atomic E-state index is 13.0. The zero-order valence-electron chi connectivity index (χ0n) is 19.3. The van der Waals surface area contributed by atoms with Gasteiger partial charge in [0.2, 0.25) is 0 Å². The minimum Gasteiger partial charge on any atom is -0.306 e. The highest BCUT2D eigenvalue weighted by molar-refractivity contribution is 6.00. The number of carbonyl (C=O) groups excluding carboxylic acids is 1. The summed E-state index contributed by atoms with van der Waals surface area (Å²) in [7, 11) is 4.57. The first-order valence-electron chi connectivity index (χ1n) is 11.9. The van der Waals surface area contributed by atoms with E-state index in [1.807, 2.05) is 0 Å². The van der Waals surface area contributed by atoms with Gasteiger partial charge in [0, 0.05) is 17.9 Å². The molecule has 5 saturated carbocycles. The van der Waals surface area contributed by atoms with Crippen molar-refractivity contribution in [3.05, 3.63) is 11.6 Å². The van der Waals surface area contributed by atoms with Crippen LogP contribution in [-0.2, 0) is 4.79 Å². The molecule has 0 unspecified atom stereocenters. The molecule has 0 radical (unpaired) electrons. The van der Waals surface area contributed by atoms with Crippen molar-refractivity contribution in [1.82, 2.24) is 4.90 Å². The average Bonchev–Trinajstić information content (AvgIpc) is 3.20. The molecule has 5 fully saturated rings. The van der Waals surface area contributed by atoms with Crippen LogP contribution in [0.15, 0.2) is 11.6 Å². The first-order chi connectivity index (χ1) is 13.0. The Morgan fingerprint density at radius 1 is 0.929 bits per heavy atom. The summed E-state index contributed by atoms with van der Waals surface area (Å²) in [6, 6.07) is 0.712. The maximum atomic E-state index is 13.0. The van der Waals surface area contributed by atoms with Crippen LogP contribution in [0.5, 0.6) is 0 Å². The third-order valence-corrected chi connectivity index (χ3v) is 11.6. The normalized spacial score (nSPS) is 55.5. The lowest BCUT2D eigenvalue weighted by Crippen LogP contribution is -2.58. The van der Waals surface area contributed by atoms with Gasteiger partial charge >= 0.3 is 0 Å². The molecule has 156 valence electrons. The zero-order valence-corrected chi connectivity index (χ0v) is 19.3. The highest BCUT2D eigenvalue weighted by Crippen LogP contribution is 2.88. The first-order valence-corrected chi connectivity index (χ1v) is 11.9. The number of allylic oxidation sites excluding steroid dienone is 2. The first kappa shape index (κ1) is 19.3. The van der Waals surface area contributed by atoms with E-state index in [2.05, 4.69) is 59.7 Å². The van der Waals surface area contributed by atoms with E-state index in [-0.39, 0.29) is 10.8 Å². The predicted octanol–water partition coefficient (Wildman–Crippen LogP) is 5.86. The van der Waals surface area contributed by atoms with Crippen LogP contribution in [0, 0.1) is 38.9 Å². The molecule has 0 amide bonds. The van der Waals surface area contributed by atoms with Gasteiger partial charge in [0.05, 0.1) is 0 Å². The fourth-order valence-electron chi connectivity index (χ4n) is 10.4. The molecule has 0 saturated heterocycles. The fourth-order valence-corrected chi connectivity index (χ4v) is 10.4. The summed E-state index contributed by atoms with van der Waals surface area (Å²) in [5.74, 6) is 2.07. The van der Waals surface area contributed by atoms with Gasteiger partial charge in [-0.1, -0.05) is 33.8 Å². The average molecular weight is 384 g/mol. The molecular weight excluding hydrogens is 342 g/mol. The lowest BCUT2D eigenvalue weighted by Gasteiger charge is -2.63. The topological polar surface area (TPSA) is 20.3 Å². The maximum Gasteiger partial charge on any atom is 0.159 e. The zero-order chi connectivity index (χ0) is 20.3. The molecule has 7 atom stereocenters. The molecule has 2 spiro atoms. The van der Waals surface area contributed by atoms with Crippen molar-refractivity contribution >= 4 is 5.78 Å². The number of hydrogen-bond donors (Lipinski definition) is 0. The highest BCUT2D eigenvalue weighted by Gasteiger charge is 2.82. The van der Waals surface area contributed by atoms with Gasteiger partial charge in [0.25, 0.3) is 0 Å². The third-order valence-electron chi connectivity index (χ3n) is 11.6. The molecule has 0 bridgehead atoms. The number of nitrogens with zero attached hydrogens (tertiary/aromatic N) is 1. The second kappa shape index (κ2) is 5.34. The van der Waals surface area contributed by atoms with E-state index in [0.717, 1.165) is 18.3 Å². The number of fused-ring (bicyclic) bond motifs is 2. The third kappa shape index (κ3) is 1.84. The summed E-state index contributed by atoms with van der Waals surface area (Å²) in [5.41, 5.74) is 2.99. The second-order valence-corrected chi connectivity index (χ2v) is 12.6. The van der Waals surface area contributed by atoms with E-state index in [4.69, 9.17) is 0 Å². The summed E-state index contributed by atoms with van der Waals surface area (Å²) in [6.45, 7) is 12.2. The molecule has 2 nitrogen and oxygen atoms in total. The van der Waals surface area contributed by atoms with E-state index in [1.165, 1.54) is 50.5 Å². The monoisotopic (exact) mass is 383 g/mol. The van der Waals surface area contributed by atoms with Crippen LogP contribution < -0.4 is 0 Å². The SMILES string of the molecule is C/C=C1/C(=O)C[C@@]2(C)[C@@H]3CC[C@H]4C(C)(C)[C@@H](N(C)C)CC[C@@]45C[C@@]35CC[C@]12C. The van der Waals surface area contributed by atoms with Gasteiger partial charge in [-0.05, 0) is 105 Å². The van der Waals surface area contributed by atoms with Gasteiger partial charge in [0.1, 0.15) is 0 Å². The molecule has 0 aromatic carbocycles. The number of Topliss-reactive ketones (excluding diaryl/α,β-unsaturated/α-hetero) is 1. The molecule has 0 aromatic heterocycles. The van der Waals surface area contributed by atoms with Crippen LogP contribution >= 0.6 is 0 Å². The predicted molar refractivity (Wildman–Crippen MR) is 115 cm³/mol. The van der Waals surface area contributed by atoms with Gasteiger partial charge in [-0.2, -0.15) is 0 Å².